The highest BCUT2D eigenvalue weighted by atomic mass is 35.5. The van der Waals surface area contributed by atoms with Gasteiger partial charge in [0.05, 0.1) is 4.90 Å². The van der Waals surface area contributed by atoms with Crippen LogP contribution >= 0.6 is 11.6 Å². The summed E-state index contributed by atoms with van der Waals surface area (Å²) >= 11 is 5.97. The standard InChI is InChI=1S/C14H13ClN2O3S/c1-9-2-3-10(8-13(9)15)14(18)17-11-4-6-12(7-5-11)21(16,19)20/h2-8H,1H3,(H,17,18)(H2,16,19,20). The first-order valence-corrected chi connectivity index (χ1v) is 7.90. The van der Waals surface area contributed by atoms with Crippen molar-refractivity contribution in [2.75, 3.05) is 5.32 Å². The normalized spacial score (nSPS) is 11.2. The Balaban J connectivity index is 2.18. The molecule has 0 aliphatic carbocycles. The molecule has 0 atom stereocenters. The number of halogens is 1. The SMILES string of the molecule is Cc1ccc(C(=O)Nc2ccc(S(N)(=O)=O)cc2)cc1Cl. The highest BCUT2D eigenvalue weighted by Gasteiger charge is 2.10. The number of rotatable bonds is 3. The Bertz CT molecular complexity index is 786. The first kappa shape index (κ1) is 15.5. The number of primary sulfonamides is 1. The lowest BCUT2D eigenvalue weighted by Crippen LogP contribution is -2.14. The molecule has 1 amide bonds. The average Bonchev–Trinajstić information content (AvgIpc) is 2.41. The van der Waals surface area contributed by atoms with Crippen LogP contribution in [0.5, 0.6) is 0 Å². The number of nitrogens with two attached hydrogens (primary N) is 1. The Morgan fingerprint density at radius 1 is 1.14 bits per heavy atom. The minimum Gasteiger partial charge on any atom is -0.322 e. The summed E-state index contributed by atoms with van der Waals surface area (Å²) in [6.07, 6.45) is 0. The summed E-state index contributed by atoms with van der Waals surface area (Å²) in [5.74, 6) is -0.333. The molecule has 110 valence electrons. The van der Waals surface area contributed by atoms with Crippen molar-refractivity contribution in [3.8, 4) is 0 Å². The van der Waals surface area contributed by atoms with Crippen molar-refractivity contribution in [3.63, 3.8) is 0 Å². The molecule has 7 heteroatoms. The van der Waals surface area contributed by atoms with E-state index in [0.717, 1.165) is 5.56 Å². The number of anilines is 1. The Morgan fingerprint density at radius 3 is 2.29 bits per heavy atom. The van der Waals surface area contributed by atoms with Gasteiger partial charge in [-0.25, -0.2) is 13.6 Å². The topological polar surface area (TPSA) is 89.3 Å². The number of hydrogen-bond acceptors (Lipinski definition) is 3. The van der Waals surface area contributed by atoms with E-state index in [0.29, 0.717) is 16.3 Å². The van der Waals surface area contributed by atoms with E-state index in [4.69, 9.17) is 16.7 Å². The van der Waals surface area contributed by atoms with Crippen LogP contribution in [0.2, 0.25) is 5.02 Å². The number of benzene rings is 2. The van der Waals surface area contributed by atoms with Gasteiger partial charge in [-0.2, -0.15) is 0 Å². The second kappa shape index (κ2) is 5.85. The number of aryl methyl sites for hydroxylation is 1. The molecule has 0 aromatic heterocycles. The number of nitrogens with one attached hydrogen (secondary N) is 1. The summed E-state index contributed by atoms with van der Waals surface area (Å²) in [4.78, 5) is 12.0. The van der Waals surface area contributed by atoms with E-state index >= 15 is 0 Å². The number of carbonyl (C=O) groups excluding carboxylic acids is 1. The van der Waals surface area contributed by atoms with Crippen molar-refractivity contribution in [3.05, 3.63) is 58.6 Å². The highest BCUT2D eigenvalue weighted by Crippen LogP contribution is 2.18. The molecule has 2 aromatic carbocycles. The van der Waals surface area contributed by atoms with Gasteiger partial charge in [-0.3, -0.25) is 4.79 Å². The van der Waals surface area contributed by atoms with E-state index in [1.54, 1.807) is 18.2 Å². The van der Waals surface area contributed by atoms with Crippen molar-refractivity contribution in [2.24, 2.45) is 5.14 Å². The minimum atomic E-state index is -3.74. The summed E-state index contributed by atoms with van der Waals surface area (Å²) in [6, 6.07) is 10.6. The van der Waals surface area contributed by atoms with Gasteiger partial charge in [0.25, 0.3) is 5.91 Å². The van der Waals surface area contributed by atoms with E-state index < -0.39 is 10.0 Å². The van der Waals surface area contributed by atoms with Gasteiger partial charge in [-0.1, -0.05) is 17.7 Å². The number of hydrogen-bond donors (Lipinski definition) is 2. The molecule has 2 rings (SSSR count). The van der Waals surface area contributed by atoms with Crippen LogP contribution < -0.4 is 10.5 Å². The molecule has 0 radical (unpaired) electrons. The van der Waals surface area contributed by atoms with Gasteiger partial charge >= 0.3 is 0 Å². The molecule has 0 saturated carbocycles. The fourth-order valence-corrected chi connectivity index (χ4v) is 2.36. The molecule has 0 saturated heterocycles. The zero-order valence-corrected chi connectivity index (χ0v) is 12.7. The smallest absolute Gasteiger partial charge is 0.255 e. The van der Waals surface area contributed by atoms with Crippen molar-refractivity contribution >= 4 is 33.2 Å². The van der Waals surface area contributed by atoms with E-state index in [2.05, 4.69) is 5.32 Å². The van der Waals surface area contributed by atoms with Gasteiger partial charge in [-0.15, -0.1) is 0 Å². The van der Waals surface area contributed by atoms with Crippen LogP contribution in [0, 0.1) is 6.92 Å². The molecular formula is C14H13ClN2O3S. The van der Waals surface area contributed by atoms with Crippen molar-refractivity contribution in [2.45, 2.75) is 11.8 Å². The maximum atomic E-state index is 12.0. The molecule has 0 unspecified atom stereocenters. The Kier molecular flexibility index (Phi) is 4.32. The minimum absolute atomic E-state index is 0.0149. The van der Waals surface area contributed by atoms with Gasteiger partial charge in [0, 0.05) is 16.3 Å². The molecular weight excluding hydrogens is 312 g/mol. The lowest BCUT2D eigenvalue weighted by atomic mass is 10.1. The van der Waals surface area contributed by atoms with Gasteiger partial charge in [0.2, 0.25) is 10.0 Å². The quantitative estimate of drug-likeness (QED) is 0.909. The predicted octanol–water partition coefficient (Wildman–Crippen LogP) is 2.55. The summed E-state index contributed by atoms with van der Waals surface area (Å²) in [5.41, 5.74) is 1.76. The van der Waals surface area contributed by atoms with Crippen LogP contribution in [0.4, 0.5) is 5.69 Å². The van der Waals surface area contributed by atoms with Gasteiger partial charge in [-0.05, 0) is 48.9 Å². The Labute approximate surface area is 127 Å². The molecule has 0 fully saturated rings. The van der Waals surface area contributed by atoms with Crippen LogP contribution in [0.15, 0.2) is 47.4 Å². The third-order valence-electron chi connectivity index (χ3n) is 2.87. The van der Waals surface area contributed by atoms with E-state index in [9.17, 15) is 13.2 Å². The van der Waals surface area contributed by atoms with E-state index in [1.165, 1.54) is 24.3 Å². The van der Waals surface area contributed by atoms with E-state index in [-0.39, 0.29) is 10.8 Å². The fraction of sp³-hybridized carbons (Fsp3) is 0.0714. The molecule has 0 bridgehead atoms. The summed E-state index contributed by atoms with van der Waals surface area (Å²) < 4.78 is 22.3. The molecule has 2 aromatic rings. The average molecular weight is 325 g/mol. The predicted molar refractivity (Wildman–Crippen MR) is 82.0 cm³/mol. The second-order valence-corrected chi connectivity index (χ2v) is 6.46. The maximum absolute atomic E-state index is 12.0. The molecule has 5 nitrogen and oxygen atoms in total. The van der Waals surface area contributed by atoms with Gasteiger partial charge in [0.15, 0.2) is 0 Å². The van der Waals surface area contributed by atoms with Crippen LogP contribution in [-0.2, 0) is 10.0 Å². The number of sulfonamides is 1. The largest absolute Gasteiger partial charge is 0.322 e. The fourth-order valence-electron chi connectivity index (χ4n) is 1.67. The highest BCUT2D eigenvalue weighted by molar-refractivity contribution is 7.89. The van der Waals surface area contributed by atoms with Gasteiger partial charge in [0.1, 0.15) is 0 Å². The second-order valence-electron chi connectivity index (χ2n) is 4.49. The maximum Gasteiger partial charge on any atom is 0.255 e. The monoisotopic (exact) mass is 324 g/mol. The molecule has 0 aliphatic heterocycles. The third kappa shape index (κ3) is 3.81. The third-order valence-corrected chi connectivity index (χ3v) is 4.21. The van der Waals surface area contributed by atoms with Crippen LogP contribution in [-0.4, -0.2) is 14.3 Å². The molecule has 0 spiro atoms. The number of amides is 1. The molecule has 3 N–H and O–H groups in total. The lowest BCUT2D eigenvalue weighted by Gasteiger charge is -2.07. The van der Waals surface area contributed by atoms with Crippen molar-refractivity contribution < 1.29 is 13.2 Å². The van der Waals surface area contributed by atoms with Crippen molar-refractivity contribution in [1.82, 2.24) is 0 Å². The first-order chi connectivity index (χ1) is 9.77. The lowest BCUT2D eigenvalue weighted by molar-refractivity contribution is 0.102. The molecule has 0 heterocycles. The zero-order chi connectivity index (χ0) is 15.6. The number of carbonyl (C=O) groups is 1. The van der Waals surface area contributed by atoms with Gasteiger partial charge < -0.3 is 5.32 Å². The zero-order valence-electron chi connectivity index (χ0n) is 11.1. The summed E-state index contributed by atoms with van der Waals surface area (Å²) in [6.45, 7) is 1.84. The first-order valence-electron chi connectivity index (χ1n) is 5.98. The van der Waals surface area contributed by atoms with Crippen molar-refractivity contribution in [1.29, 1.82) is 0 Å². The van der Waals surface area contributed by atoms with Crippen LogP contribution in [0.25, 0.3) is 0 Å². The molecule has 21 heavy (non-hydrogen) atoms. The Morgan fingerprint density at radius 2 is 1.76 bits per heavy atom. The summed E-state index contributed by atoms with van der Waals surface area (Å²) in [7, 11) is -3.74. The summed E-state index contributed by atoms with van der Waals surface area (Å²) in [5, 5.41) is 8.16. The van der Waals surface area contributed by atoms with Crippen LogP contribution in [0.1, 0.15) is 15.9 Å². The van der Waals surface area contributed by atoms with E-state index in [1.807, 2.05) is 6.92 Å². The van der Waals surface area contributed by atoms with Crippen LogP contribution in [0.3, 0.4) is 0 Å². The Hall–Kier alpha value is -1.89. The molecule has 0 aliphatic rings.